The molecule has 1 fully saturated rings. The number of methoxy groups -OCH3 is 1. The maximum Gasteiger partial charge on any atom is 0.305 e. The second kappa shape index (κ2) is 9.97. The number of aromatic nitrogens is 2. The summed E-state index contributed by atoms with van der Waals surface area (Å²) in [6.07, 6.45) is 2.84. The van der Waals surface area contributed by atoms with Gasteiger partial charge in [-0.05, 0) is 93.4 Å². The van der Waals surface area contributed by atoms with Gasteiger partial charge in [-0.3, -0.25) is 9.78 Å². The summed E-state index contributed by atoms with van der Waals surface area (Å²) in [6, 6.07) is 14.7. The molecular weight excluding hydrogens is 444 g/mol. The van der Waals surface area contributed by atoms with Crippen LogP contribution in [0.5, 0.6) is 0 Å². The molecule has 3 aromatic rings. The first-order valence-electron chi connectivity index (χ1n) is 11.6. The van der Waals surface area contributed by atoms with Crippen LogP contribution < -0.4 is 5.32 Å². The quantitative estimate of drug-likeness (QED) is 0.381. The van der Waals surface area contributed by atoms with Gasteiger partial charge in [-0.1, -0.05) is 12.1 Å². The lowest BCUT2D eigenvalue weighted by atomic mass is 9.96. The largest absolute Gasteiger partial charge is 0.469 e. The third-order valence-electron chi connectivity index (χ3n) is 6.46. The number of carbonyl (C=O) groups is 1. The number of thiocarbonyl (C=S) groups is 1. The van der Waals surface area contributed by atoms with Crippen molar-refractivity contribution in [2.45, 2.75) is 52.6 Å². The van der Waals surface area contributed by atoms with Gasteiger partial charge in [-0.25, -0.2) is 0 Å². The molecule has 34 heavy (non-hydrogen) atoms. The second-order valence-electron chi connectivity index (χ2n) is 9.01. The van der Waals surface area contributed by atoms with Crippen LogP contribution in [-0.2, 0) is 9.53 Å². The van der Waals surface area contributed by atoms with Crippen molar-refractivity contribution in [2.75, 3.05) is 13.7 Å². The summed E-state index contributed by atoms with van der Waals surface area (Å²) in [4.78, 5) is 18.6. The lowest BCUT2D eigenvalue weighted by molar-refractivity contribution is -0.140. The average molecular weight is 477 g/mol. The van der Waals surface area contributed by atoms with Crippen LogP contribution >= 0.6 is 12.2 Å². The van der Waals surface area contributed by atoms with Crippen molar-refractivity contribution < 1.29 is 9.53 Å². The topological polar surface area (TPSA) is 59.4 Å². The predicted molar refractivity (Wildman–Crippen MR) is 138 cm³/mol. The van der Waals surface area contributed by atoms with E-state index in [-0.39, 0.29) is 18.1 Å². The third-order valence-corrected chi connectivity index (χ3v) is 6.81. The summed E-state index contributed by atoms with van der Waals surface area (Å²) in [5.41, 5.74) is 8.15. The molecule has 0 radical (unpaired) electrons. The van der Waals surface area contributed by atoms with Crippen LogP contribution in [0.25, 0.3) is 5.69 Å². The predicted octanol–water partition coefficient (Wildman–Crippen LogP) is 5.03. The SMILES string of the molecule is COC(=O)CCCN1C(=S)N[C@@H](c2ccccn2)[C@H]1c1cc(C)n(-c2cc(C)cc(C)c2)c1C. The van der Waals surface area contributed by atoms with Crippen molar-refractivity contribution in [3.05, 3.63) is 82.4 Å². The highest BCUT2D eigenvalue weighted by atomic mass is 32.1. The number of nitrogens with one attached hydrogen (secondary N) is 1. The molecule has 2 atom stereocenters. The molecule has 0 unspecified atom stereocenters. The van der Waals surface area contributed by atoms with Crippen LogP contribution in [-0.4, -0.2) is 39.2 Å². The van der Waals surface area contributed by atoms with Crippen molar-refractivity contribution >= 4 is 23.3 Å². The van der Waals surface area contributed by atoms with E-state index in [1.165, 1.54) is 40.9 Å². The van der Waals surface area contributed by atoms with Crippen LogP contribution in [0.3, 0.4) is 0 Å². The van der Waals surface area contributed by atoms with Gasteiger partial charge in [-0.15, -0.1) is 0 Å². The molecule has 7 heteroatoms. The van der Waals surface area contributed by atoms with Crippen molar-refractivity contribution in [3.8, 4) is 5.69 Å². The normalized spacial score (nSPS) is 17.7. The van der Waals surface area contributed by atoms with Gasteiger partial charge < -0.3 is 19.5 Å². The van der Waals surface area contributed by atoms with Gasteiger partial charge in [0, 0.05) is 36.2 Å². The highest BCUT2D eigenvalue weighted by Crippen LogP contribution is 2.41. The highest BCUT2D eigenvalue weighted by Gasteiger charge is 2.41. The summed E-state index contributed by atoms with van der Waals surface area (Å²) in [6.45, 7) is 9.23. The van der Waals surface area contributed by atoms with E-state index in [4.69, 9.17) is 17.0 Å². The molecule has 2 aromatic heterocycles. The molecule has 1 aliphatic rings. The van der Waals surface area contributed by atoms with Gasteiger partial charge >= 0.3 is 5.97 Å². The molecule has 0 bridgehead atoms. The smallest absolute Gasteiger partial charge is 0.305 e. The Morgan fingerprint density at radius 2 is 1.85 bits per heavy atom. The molecule has 0 aliphatic carbocycles. The molecule has 1 aromatic carbocycles. The molecule has 1 aliphatic heterocycles. The Hall–Kier alpha value is -3.19. The number of hydrogen-bond acceptors (Lipinski definition) is 4. The maximum atomic E-state index is 11.7. The van der Waals surface area contributed by atoms with Crippen LogP contribution in [0.2, 0.25) is 0 Å². The van der Waals surface area contributed by atoms with E-state index in [0.29, 0.717) is 24.5 Å². The molecule has 1 N–H and O–H groups in total. The van der Waals surface area contributed by atoms with Crippen LogP contribution in [0.15, 0.2) is 48.7 Å². The zero-order valence-electron chi connectivity index (χ0n) is 20.5. The number of rotatable bonds is 7. The standard InChI is InChI=1S/C27H32N4O2S/c1-17-13-18(2)15-21(14-17)31-19(3)16-22(20(31)4)26-25(23-9-6-7-11-28-23)29-27(34)30(26)12-8-10-24(32)33-5/h6-7,9,11,13-16,25-26H,8,10,12H2,1-5H3,(H,29,34)/t25-,26+/m0/s1. The molecule has 6 nitrogen and oxygen atoms in total. The fourth-order valence-electron chi connectivity index (χ4n) is 5.04. The van der Waals surface area contributed by atoms with E-state index in [0.717, 1.165) is 5.69 Å². The van der Waals surface area contributed by atoms with E-state index in [2.05, 4.69) is 71.7 Å². The molecule has 4 rings (SSSR count). The molecule has 0 amide bonds. The van der Waals surface area contributed by atoms with Crippen LogP contribution in [0, 0.1) is 27.7 Å². The number of benzene rings is 1. The van der Waals surface area contributed by atoms with Crippen LogP contribution in [0.1, 0.15) is 58.7 Å². The minimum absolute atomic E-state index is 0.0362. The Kier molecular flexibility index (Phi) is 7.03. The summed E-state index contributed by atoms with van der Waals surface area (Å²) in [7, 11) is 1.42. The van der Waals surface area contributed by atoms with Gasteiger partial charge in [0.15, 0.2) is 5.11 Å². The fourth-order valence-corrected chi connectivity index (χ4v) is 5.38. The number of hydrogen-bond donors (Lipinski definition) is 1. The zero-order valence-corrected chi connectivity index (χ0v) is 21.3. The zero-order chi connectivity index (χ0) is 24.4. The molecule has 3 heterocycles. The monoisotopic (exact) mass is 476 g/mol. The van der Waals surface area contributed by atoms with E-state index < -0.39 is 0 Å². The number of nitrogens with zero attached hydrogens (tertiary/aromatic N) is 3. The highest BCUT2D eigenvalue weighted by molar-refractivity contribution is 7.80. The van der Waals surface area contributed by atoms with Gasteiger partial charge in [0.05, 0.1) is 24.9 Å². The molecule has 178 valence electrons. The lowest BCUT2D eigenvalue weighted by Gasteiger charge is -2.28. The van der Waals surface area contributed by atoms with Gasteiger partial charge in [0.25, 0.3) is 0 Å². The number of pyridine rings is 1. The average Bonchev–Trinajstić information content (AvgIpc) is 3.28. The van der Waals surface area contributed by atoms with Gasteiger partial charge in [0.2, 0.25) is 0 Å². The second-order valence-corrected chi connectivity index (χ2v) is 9.39. The number of carbonyl (C=O) groups excluding carboxylic acids is 1. The Balaban J connectivity index is 1.77. The fraction of sp³-hybridized carbons (Fsp3) is 0.370. The Morgan fingerprint density at radius 1 is 1.12 bits per heavy atom. The number of esters is 1. The first-order chi connectivity index (χ1) is 16.3. The summed E-state index contributed by atoms with van der Waals surface area (Å²) in [5, 5.41) is 4.19. The van der Waals surface area contributed by atoms with Gasteiger partial charge in [-0.2, -0.15) is 0 Å². The van der Waals surface area contributed by atoms with Crippen LogP contribution in [0.4, 0.5) is 0 Å². The first-order valence-corrected chi connectivity index (χ1v) is 12.0. The van der Waals surface area contributed by atoms with Crippen molar-refractivity contribution in [2.24, 2.45) is 0 Å². The van der Waals surface area contributed by atoms with E-state index in [1.807, 2.05) is 24.4 Å². The Labute approximate surface area is 207 Å². The lowest BCUT2D eigenvalue weighted by Crippen LogP contribution is -2.31. The number of aryl methyl sites for hydroxylation is 3. The molecule has 1 saturated heterocycles. The molecule has 0 spiro atoms. The maximum absolute atomic E-state index is 11.7. The number of ether oxygens (including phenoxy) is 1. The Morgan fingerprint density at radius 3 is 2.50 bits per heavy atom. The van der Waals surface area contributed by atoms with Crippen molar-refractivity contribution in [1.29, 1.82) is 0 Å². The van der Waals surface area contributed by atoms with Gasteiger partial charge in [0.1, 0.15) is 0 Å². The first kappa shape index (κ1) is 24.0. The van der Waals surface area contributed by atoms with E-state index in [9.17, 15) is 4.79 Å². The molecular formula is C27H32N4O2S. The Bertz CT molecular complexity index is 1180. The van der Waals surface area contributed by atoms with E-state index in [1.54, 1.807) is 0 Å². The summed E-state index contributed by atoms with van der Waals surface area (Å²) in [5.74, 6) is -0.205. The van der Waals surface area contributed by atoms with Crippen molar-refractivity contribution in [1.82, 2.24) is 19.8 Å². The minimum Gasteiger partial charge on any atom is -0.469 e. The summed E-state index contributed by atoms with van der Waals surface area (Å²) < 4.78 is 7.15. The van der Waals surface area contributed by atoms with Crippen molar-refractivity contribution in [3.63, 3.8) is 0 Å². The summed E-state index contributed by atoms with van der Waals surface area (Å²) >= 11 is 5.78. The third kappa shape index (κ3) is 4.71. The van der Waals surface area contributed by atoms with E-state index >= 15 is 0 Å². The minimum atomic E-state index is -0.205. The molecule has 0 saturated carbocycles.